The van der Waals surface area contributed by atoms with E-state index in [0.29, 0.717) is 29.5 Å². The van der Waals surface area contributed by atoms with Crippen LogP contribution >= 0.6 is 11.8 Å². The summed E-state index contributed by atoms with van der Waals surface area (Å²) in [4.78, 5) is 26.8. The van der Waals surface area contributed by atoms with E-state index in [1.807, 2.05) is 23.1 Å². The fourth-order valence-corrected chi connectivity index (χ4v) is 3.97. The number of tetrazole rings is 1. The summed E-state index contributed by atoms with van der Waals surface area (Å²) in [6, 6.07) is 17.2. The number of hydrogen-bond acceptors (Lipinski definition) is 6. The van der Waals surface area contributed by atoms with E-state index in [4.69, 9.17) is 0 Å². The number of nitrogens with one attached hydrogen (secondary N) is 1. The molecule has 158 valence electrons. The zero-order valence-electron chi connectivity index (χ0n) is 17.1. The number of hydrogen-bond donors (Lipinski definition) is 1. The van der Waals surface area contributed by atoms with Crippen LogP contribution in [-0.4, -0.2) is 55.8 Å². The van der Waals surface area contributed by atoms with Crippen LogP contribution in [0.25, 0.3) is 5.57 Å². The molecule has 31 heavy (non-hydrogen) atoms. The van der Waals surface area contributed by atoms with Gasteiger partial charge in [0.05, 0.1) is 5.75 Å². The highest BCUT2D eigenvalue weighted by Gasteiger charge is 2.19. The lowest BCUT2D eigenvalue weighted by Crippen LogP contribution is -2.34. The Bertz CT molecular complexity index is 1090. The predicted octanol–water partition coefficient (Wildman–Crippen LogP) is 2.87. The molecule has 0 atom stereocenters. The number of amides is 2. The summed E-state index contributed by atoms with van der Waals surface area (Å²) in [7, 11) is 1.72. The number of benzene rings is 2. The molecule has 2 amide bonds. The SMILES string of the molecule is Cn1nnnc1SCC(=O)Nc1ccc(C(=O)N2CC=C(c3ccccc3)CC2)cc1. The van der Waals surface area contributed by atoms with Crippen LogP contribution in [0.2, 0.25) is 0 Å². The molecule has 0 fully saturated rings. The van der Waals surface area contributed by atoms with Crippen LogP contribution in [0.3, 0.4) is 0 Å². The molecule has 2 heterocycles. The van der Waals surface area contributed by atoms with Crippen LogP contribution in [0.15, 0.2) is 65.8 Å². The van der Waals surface area contributed by atoms with Gasteiger partial charge in [-0.3, -0.25) is 9.59 Å². The third-order valence-corrected chi connectivity index (χ3v) is 5.98. The Morgan fingerprint density at radius 3 is 2.52 bits per heavy atom. The average Bonchev–Trinajstić information content (AvgIpc) is 3.23. The molecule has 0 saturated carbocycles. The molecule has 0 spiro atoms. The quantitative estimate of drug-likeness (QED) is 0.600. The predicted molar refractivity (Wildman–Crippen MR) is 120 cm³/mol. The van der Waals surface area contributed by atoms with Crippen LogP contribution in [0.4, 0.5) is 5.69 Å². The van der Waals surface area contributed by atoms with Gasteiger partial charge in [-0.25, -0.2) is 4.68 Å². The van der Waals surface area contributed by atoms with Crippen LogP contribution < -0.4 is 5.32 Å². The molecule has 3 aromatic rings. The second kappa shape index (κ2) is 9.57. The summed E-state index contributed by atoms with van der Waals surface area (Å²) >= 11 is 1.25. The molecule has 0 unspecified atom stereocenters. The smallest absolute Gasteiger partial charge is 0.254 e. The van der Waals surface area contributed by atoms with Crippen molar-refractivity contribution in [3.63, 3.8) is 0 Å². The Kier molecular flexibility index (Phi) is 6.42. The van der Waals surface area contributed by atoms with Gasteiger partial charge in [-0.1, -0.05) is 48.2 Å². The number of aromatic nitrogens is 4. The number of aryl methyl sites for hydroxylation is 1. The maximum absolute atomic E-state index is 12.8. The van der Waals surface area contributed by atoms with Crippen molar-refractivity contribution in [1.29, 1.82) is 0 Å². The van der Waals surface area contributed by atoms with E-state index >= 15 is 0 Å². The van der Waals surface area contributed by atoms with Crippen LogP contribution in [0.1, 0.15) is 22.3 Å². The third-order valence-electron chi connectivity index (χ3n) is 4.97. The zero-order chi connectivity index (χ0) is 21.6. The minimum Gasteiger partial charge on any atom is -0.335 e. The highest BCUT2D eigenvalue weighted by molar-refractivity contribution is 7.99. The first kappa shape index (κ1) is 20.8. The van der Waals surface area contributed by atoms with Gasteiger partial charge >= 0.3 is 0 Å². The fraction of sp³-hybridized carbons (Fsp3) is 0.227. The number of rotatable bonds is 6. The van der Waals surface area contributed by atoms with Gasteiger partial charge < -0.3 is 10.2 Å². The summed E-state index contributed by atoms with van der Waals surface area (Å²) in [5.74, 6) is 0.0203. The Balaban J connectivity index is 1.30. The molecule has 0 aliphatic carbocycles. The van der Waals surface area contributed by atoms with Gasteiger partial charge in [0.2, 0.25) is 11.1 Å². The topological polar surface area (TPSA) is 93.0 Å². The lowest BCUT2D eigenvalue weighted by molar-refractivity contribution is -0.113. The summed E-state index contributed by atoms with van der Waals surface area (Å²) < 4.78 is 1.51. The van der Waals surface area contributed by atoms with E-state index < -0.39 is 0 Å². The van der Waals surface area contributed by atoms with Crippen molar-refractivity contribution in [2.45, 2.75) is 11.6 Å². The van der Waals surface area contributed by atoms with E-state index in [-0.39, 0.29) is 17.6 Å². The molecule has 9 heteroatoms. The minimum absolute atomic E-state index is 0.00780. The Labute approximate surface area is 184 Å². The van der Waals surface area contributed by atoms with Crippen molar-refractivity contribution in [2.75, 3.05) is 24.2 Å². The molecule has 1 N–H and O–H groups in total. The van der Waals surface area contributed by atoms with Crippen molar-refractivity contribution >= 4 is 34.8 Å². The Hall–Kier alpha value is -3.46. The summed E-state index contributed by atoms with van der Waals surface area (Å²) in [5.41, 5.74) is 3.73. The largest absolute Gasteiger partial charge is 0.335 e. The van der Waals surface area contributed by atoms with E-state index in [9.17, 15) is 9.59 Å². The van der Waals surface area contributed by atoms with Crippen LogP contribution in [-0.2, 0) is 11.8 Å². The second-order valence-electron chi connectivity index (χ2n) is 7.10. The molecule has 0 radical (unpaired) electrons. The van der Waals surface area contributed by atoms with Gasteiger partial charge in [-0.05, 0) is 52.2 Å². The first-order chi connectivity index (χ1) is 15.1. The van der Waals surface area contributed by atoms with Crippen molar-refractivity contribution < 1.29 is 9.59 Å². The second-order valence-corrected chi connectivity index (χ2v) is 8.04. The van der Waals surface area contributed by atoms with E-state index in [1.54, 1.807) is 31.3 Å². The molecular formula is C22H22N6O2S. The molecule has 1 aromatic heterocycles. The van der Waals surface area contributed by atoms with E-state index in [2.05, 4.69) is 39.1 Å². The number of anilines is 1. The number of carbonyl (C=O) groups excluding carboxylic acids is 2. The number of thioether (sulfide) groups is 1. The lowest BCUT2D eigenvalue weighted by atomic mass is 9.99. The van der Waals surface area contributed by atoms with E-state index in [0.717, 1.165) is 6.42 Å². The van der Waals surface area contributed by atoms with Gasteiger partial charge in [-0.2, -0.15) is 0 Å². The van der Waals surface area contributed by atoms with Gasteiger partial charge in [0, 0.05) is 31.4 Å². The number of nitrogens with zero attached hydrogens (tertiary/aromatic N) is 5. The van der Waals surface area contributed by atoms with Crippen molar-refractivity contribution in [2.24, 2.45) is 7.05 Å². The fourth-order valence-electron chi connectivity index (χ4n) is 3.32. The Morgan fingerprint density at radius 1 is 1.10 bits per heavy atom. The summed E-state index contributed by atoms with van der Waals surface area (Å²) in [5, 5.41) is 14.5. The first-order valence-corrected chi connectivity index (χ1v) is 10.9. The van der Waals surface area contributed by atoms with Crippen molar-refractivity contribution in [3.05, 3.63) is 71.8 Å². The molecule has 4 rings (SSSR count). The third kappa shape index (κ3) is 5.18. The van der Waals surface area contributed by atoms with Crippen molar-refractivity contribution in [1.82, 2.24) is 25.1 Å². The lowest BCUT2D eigenvalue weighted by Gasteiger charge is -2.27. The zero-order valence-corrected chi connectivity index (χ0v) is 17.9. The summed E-state index contributed by atoms with van der Waals surface area (Å²) in [6.07, 6.45) is 2.96. The van der Waals surface area contributed by atoms with E-state index in [1.165, 1.54) is 27.6 Å². The normalized spacial score (nSPS) is 13.6. The van der Waals surface area contributed by atoms with Gasteiger partial charge in [0.25, 0.3) is 5.91 Å². The molecule has 2 aromatic carbocycles. The highest BCUT2D eigenvalue weighted by atomic mass is 32.2. The first-order valence-electron chi connectivity index (χ1n) is 9.89. The minimum atomic E-state index is -0.165. The highest BCUT2D eigenvalue weighted by Crippen LogP contribution is 2.23. The monoisotopic (exact) mass is 434 g/mol. The maximum atomic E-state index is 12.8. The molecule has 1 aliphatic rings. The summed E-state index contributed by atoms with van der Waals surface area (Å²) in [6.45, 7) is 1.28. The molecular weight excluding hydrogens is 412 g/mol. The molecule has 1 aliphatic heterocycles. The molecule has 0 bridgehead atoms. The van der Waals surface area contributed by atoms with Crippen molar-refractivity contribution in [3.8, 4) is 0 Å². The van der Waals surface area contributed by atoms with Crippen LogP contribution in [0.5, 0.6) is 0 Å². The Morgan fingerprint density at radius 2 is 1.87 bits per heavy atom. The van der Waals surface area contributed by atoms with Crippen LogP contribution in [0, 0.1) is 0 Å². The van der Waals surface area contributed by atoms with Gasteiger partial charge in [0.15, 0.2) is 0 Å². The molecule has 0 saturated heterocycles. The number of carbonyl (C=O) groups is 2. The molecule has 8 nitrogen and oxygen atoms in total. The van der Waals surface area contributed by atoms with Gasteiger partial charge in [0.1, 0.15) is 0 Å². The standard InChI is InChI=1S/C22H22N6O2S/c1-27-22(24-25-26-27)31-15-20(29)23-19-9-7-18(8-10-19)21(30)28-13-11-17(12-14-28)16-5-3-2-4-6-16/h2-11H,12-15H2,1H3,(H,23,29). The van der Waals surface area contributed by atoms with Gasteiger partial charge in [-0.15, -0.1) is 5.10 Å². The average molecular weight is 435 g/mol. The maximum Gasteiger partial charge on any atom is 0.254 e.